The number of anilines is 1. The number of rotatable bonds is 3. The van der Waals surface area contributed by atoms with Crippen molar-refractivity contribution in [1.29, 1.82) is 0 Å². The van der Waals surface area contributed by atoms with Gasteiger partial charge in [-0.1, -0.05) is 6.92 Å². The molecule has 2 heterocycles. The first-order valence-electron chi connectivity index (χ1n) is 6.10. The first-order valence-corrected chi connectivity index (χ1v) is 6.10. The molecule has 1 atom stereocenters. The molecule has 0 saturated carbocycles. The quantitative estimate of drug-likeness (QED) is 0.829. The number of aryl methyl sites for hydroxylation is 1. The van der Waals surface area contributed by atoms with Gasteiger partial charge < -0.3 is 10.0 Å². The van der Waals surface area contributed by atoms with E-state index < -0.39 is 12.0 Å². The minimum absolute atomic E-state index is 0.428. The van der Waals surface area contributed by atoms with Crippen LogP contribution in [0.2, 0.25) is 0 Å². The van der Waals surface area contributed by atoms with E-state index in [0.29, 0.717) is 19.0 Å². The molecule has 1 saturated heterocycles. The Labute approximate surface area is 106 Å². The summed E-state index contributed by atoms with van der Waals surface area (Å²) in [7, 11) is 1.83. The molecule has 6 heteroatoms. The number of piperazine rings is 1. The molecule has 0 aliphatic carbocycles. The van der Waals surface area contributed by atoms with Crippen LogP contribution in [0.1, 0.15) is 12.5 Å². The van der Waals surface area contributed by atoms with Gasteiger partial charge in [0, 0.05) is 32.0 Å². The molecule has 1 aliphatic rings. The zero-order valence-electron chi connectivity index (χ0n) is 10.7. The molecule has 1 unspecified atom stereocenters. The molecule has 0 bridgehead atoms. The van der Waals surface area contributed by atoms with Gasteiger partial charge in [0.15, 0.2) is 0 Å². The van der Waals surface area contributed by atoms with Gasteiger partial charge in [0.05, 0.1) is 0 Å². The van der Waals surface area contributed by atoms with Gasteiger partial charge in [-0.15, -0.1) is 0 Å². The molecular formula is C12H18N4O2. The predicted molar refractivity (Wildman–Crippen MR) is 67.7 cm³/mol. The molecule has 1 fully saturated rings. The van der Waals surface area contributed by atoms with Crippen molar-refractivity contribution in [2.24, 2.45) is 0 Å². The van der Waals surface area contributed by atoms with Crippen LogP contribution in [0.15, 0.2) is 12.4 Å². The first-order chi connectivity index (χ1) is 8.61. The Bertz CT molecular complexity index is 421. The van der Waals surface area contributed by atoms with Crippen LogP contribution in [0.4, 0.5) is 5.95 Å². The smallest absolute Gasteiger partial charge is 0.322 e. The van der Waals surface area contributed by atoms with Crippen molar-refractivity contribution in [3.63, 3.8) is 0 Å². The van der Waals surface area contributed by atoms with Crippen LogP contribution in [0.3, 0.4) is 0 Å². The predicted octanol–water partition coefficient (Wildman–Crippen LogP) is 0.244. The number of nitrogens with zero attached hydrogens (tertiary/aromatic N) is 4. The molecule has 1 aromatic rings. The lowest BCUT2D eigenvalue weighted by Gasteiger charge is -2.37. The van der Waals surface area contributed by atoms with Crippen LogP contribution in [0.5, 0.6) is 0 Å². The Morgan fingerprint density at radius 2 is 2.11 bits per heavy atom. The fraction of sp³-hybridized carbons (Fsp3) is 0.583. The fourth-order valence-corrected chi connectivity index (χ4v) is 2.02. The zero-order valence-corrected chi connectivity index (χ0v) is 10.7. The highest BCUT2D eigenvalue weighted by atomic mass is 16.4. The molecule has 6 nitrogen and oxygen atoms in total. The fourth-order valence-electron chi connectivity index (χ4n) is 2.02. The van der Waals surface area contributed by atoms with E-state index in [0.717, 1.165) is 18.5 Å². The number of hydrogen-bond acceptors (Lipinski definition) is 5. The van der Waals surface area contributed by atoms with Crippen molar-refractivity contribution in [3.05, 3.63) is 18.0 Å². The van der Waals surface area contributed by atoms with Gasteiger partial charge in [0.25, 0.3) is 0 Å². The normalized spacial score (nSPS) is 21.0. The number of carboxylic acids is 1. The lowest BCUT2D eigenvalue weighted by Crippen LogP contribution is -2.55. The number of aliphatic carboxylic acids is 1. The molecule has 98 valence electrons. The minimum Gasteiger partial charge on any atom is -0.480 e. The van der Waals surface area contributed by atoms with E-state index in [1.54, 1.807) is 12.4 Å². The lowest BCUT2D eigenvalue weighted by molar-refractivity contribution is -0.142. The summed E-state index contributed by atoms with van der Waals surface area (Å²) in [6.07, 6.45) is 4.51. The van der Waals surface area contributed by atoms with E-state index in [1.807, 2.05) is 16.8 Å². The van der Waals surface area contributed by atoms with Gasteiger partial charge in [-0.3, -0.25) is 9.69 Å². The average Bonchev–Trinajstić information content (AvgIpc) is 2.39. The van der Waals surface area contributed by atoms with Crippen LogP contribution in [0.25, 0.3) is 0 Å². The van der Waals surface area contributed by atoms with Crippen molar-refractivity contribution >= 4 is 11.9 Å². The number of likely N-dealkylation sites (N-methyl/N-ethyl adjacent to an activating group) is 1. The van der Waals surface area contributed by atoms with Crippen LogP contribution < -0.4 is 4.90 Å². The zero-order chi connectivity index (χ0) is 13.1. The maximum absolute atomic E-state index is 11.1. The van der Waals surface area contributed by atoms with Crippen molar-refractivity contribution in [2.45, 2.75) is 19.4 Å². The number of aromatic nitrogens is 2. The molecule has 1 aliphatic heterocycles. The molecule has 0 amide bonds. The average molecular weight is 250 g/mol. The standard InChI is InChI=1S/C12H18N4O2/c1-3-9-6-13-12(14-7-9)16-5-4-15(2)10(8-16)11(17)18/h6-7,10H,3-5,8H2,1-2H3,(H,17,18). The summed E-state index contributed by atoms with van der Waals surface area (Å²) in [5.74, 6) is -0.182. The second-order valence-corrected chi connectivity index (χ2v) is 4.53. The molecule has 0 aromatic carbocycles. The number of carbonyl (C=O) groups is 1. The van der Waals surface area contributed by atoms with Crippen LogP contribution in [-0.4, -0.2) is 58.7 Å². The van der Waals surface area contributed by atoms with E-state index >= 15 is 0 Å². The monoisotopic (exact) mass is 250 g/mol. The number of carboxylic acid groups (broad SMARTS) is 1. The van der Waals surface area contributed by atoms with Crippen molar-refractivity contribution in [2.75, 3.05) is 31.6 Å². The van der Waals surface area contributed by atoms with Crippen molar-refractivity contribution in [3.8, 4) is 0 Å². The highest BCUT2D eigenvalue weighted by Crippen LogP contribution is 2.14. The number of hydrogen-bond donors (Lipinski definition) is 1. The summed E-state index contributed by atoms with van der Waals surface area (Å²) in [5, 5.41) is 9.15. The van der Waals surface area contributed by atoms with Gasteiger partial charge in [-0.05, 0) is 19.0 Å². The second-order valence-electron chi connectivity index (χ2n) is 4.53. The Balaban J connectivity index is 2.11. The Hall–Kier alpha value is -1.69. The van der Waals surface area contributed by atoms with Gasteiger partial charge in [0.1, 0.15) is 6.04 Å². The summed E-state index contributed by atoms with van der Waals surface area (Å²) in [4.78, 5) is 23.5. The molecule has 0 radical (unpaired) electrons. The third kappa shape index (κ3) is 2.59. The Morgan fingerprint density at radius 3 is 2.67 bits per heavy atom. The maximum Gasteiger partial charge on any atom is 0.322 e. The van der Waals surface area contributed by atoms with Gasteiger partial charge in [-0.2, -0.15) is 0 Å². The van der Waals surface area contributed by atoms with E-state index in [-0.39, 0.29) is 0 Å². The largest absolute Gasteiger partial charge is 0.480 e. The highest BCUT2D eigenvalue weighted by Gasteiger charge is 2.30. The molecule has 2 rings (SSSR count). The van der Waals surface area contributed by atoms with E-state index in [2.05, 4.69) is 16.9 Å². The van der Waals surface area contributed by atoms with E-state index in [4.69, 9.17) is 5.11 Å². The summed E-state index contributed by atoms with van der Waals surface area (Å²) in [6.45, 7) is 3.94. The molecular weight excluding hydrogens is 232 g/mol. The maximum atomic E-state index is 11.1. The topological polar surface area (TPSA) is 69.6 Å². The third-order valence-electron chi connectivity index (χ3n) is 3.32. The van der Waals surface area contributed by atoms with Crippen molar-refractivity contribution < 1.29 is 9.90 Å². The van der Waals surface area contributed by atoms with Crippen molar-refractivity contribution in [1.82, 2.24) is 14.9 Å². The SMILES string of the molecule is CCc1cnc(N2CCN(C)C(C(=O)O)C2)nc1. The van der Waals surface area contributed by atoms with Gasteiger partial charge >= 0.3 is 5.97 Å². The summed E-state index contributed by atoms with van der Waals surface area (Å²) in [5.41, 5.74) is 1.09. The molecule has 1 aromatic heterocycles. The molecule has 18 heavy (non-hydrogen) atoms. The molecule has 0 spiro atoms. The van der Waals surface area contributed by atoms with Crippen LogP contribution >= 0.6 is 0 Å². The Kier molecular flexibility index (Phi) is 3.76. The van der Waals surface area contributed by atoms with Gasteiger partial charge in [0.2, 0.25) is 5.95 Å². The molecule has 1 N–H and O–H groups in total. The van der Waals surface area contributed by atoms with E-state index in [9.17, 15) is 4.79 Å². The summed E-state index contributed by atoms with van der Waals surface area (Å²) < 4.78 is 0. The van der Waals surface area contributed by atoms with Gasteiger partial charge in [-0.25, -0.2) is 9.97 Å². The summed E-state index contributed by atoms with van der Waals surface area (Å²) in [6, 6.07) is -0.492. The third-order valence-corrected chi connectivity index (χ3v) is 3.32. The lowest BCUT2D eigenvalue weighted by atomic mass is 10.2. The highest BCUT2D eigenvalue weighted by molar-refractivity contribution is 5.74. The first kappa shape index (κ1) is 12.8. The summed E-state index contributed by atoms with van der Waals surface area (Å²) >= 11 is 0. The minimum atomic E-state index is -0.799. The van der Waals surface area contributed by atoms with E-state index in [1.165, 1.54) is 0 Å². The second kappa shape index (κ2) is 5.30. The van der Waals surface area contributed by atoms with Crippen LogP contribution in [0, 0.1) is 0 Å². The Morgan fingerprint density at radius 1 is 1.44 bits per heavy atom. The van der Waals surface area contributed by atoms with Crippen LogP contribution in [-0.2, 0) is 11.2 Å².